The van der Waals surface area contributed by atoms with Crippen LogP contribution in [0.4, 0.5) is 4.39 Å². The van der Waals surface area contributed by atoms with Gasteiger partial charge in [0.2, 0.25) is 0 Å². The SMILES string of the molecule is CC(C)NCc1cc(=O)oc2cc(OCc3cccc(F)c3)ccc12.CS(=O)(=O)O. The standard InChI is InChI=1S/C20H20FNO3.CH4O3S/c1-13(2)22-11-15-9-20(23)25-19-10-17(6-7-18(15)19)24-12-14-4-3-5-16(21)8-14;1-5(2,3)4/h3-10,13,22H,11-12H2,1-2H3;1H3,(H,2,3,4). The quantitative estimate of drug-likeness (QED) is 0.449. The highest BCUT2D eigenvalue weighted by Crippen LogP contribution is 2.23. The molecule has 0 amide bonds. The molecule has 0 aliphatic rings. The second-order valence-corrected chi connectivity index (χ2v) is 8.40. The van der Waals surface area contributed by atoms with Gasteiger partial charge in [0.25, 0.3) is 10.1 Å². The Kier molecular flexibility index (Phi) is 8.10. The molecule has 7 nitrogen and oxygen atoms in total. The van der Waals surface area contributed by atoms with Crippen LogP contribution in [0.5, 0.6) is 5.75 Å². The molecular weight excluding hydrogens is 413 g/mol. The smallest absolute Gasteiger partial charge is 0.336 e. The van der Waals surface area contributed by atoms with Crippen LogP contribution in [-0.4, -0.2) is 25.3 Å². The van der Waals surface area contributed by atoms with Gasteiger partial charge in [-0.1, -0.05) is 26.0 Å². The predicted octanol–water partition coefficient (Wildman–Crippen LogP) is 3.51. The Morgan fingerprint density at radius 2 is 1.87 bits per heavy atom. The van der Waals surface area contributed by atoms with E-state index >= 15 is 0 Å². The molecule has 0 spiro atoms. The van der Waals surface area contributed by atoms with Gasteiger partial charge >= 0.3 is 5.63 Å². The molecule has 0 fully saturated rings. The number of ether oxygens (including phenoxy) is 1. The predicted molar refractivity (Wildman–Crippen MR) is 113 cm³/mol. The molecule has 0 radical (unpaired) electrons. The van der Waals surface area contributed by atoms with Crippen molar-refractivity contribution >= 4 is 21.1 Å². The van der Waals surface area contributed by atoms with Gasteiger partial charge in [-0.05, 0) is 35.4 Å². The van der Waals surface area contributed by atoms with Gasteiger partial charge in [0, 0.05) is 30.1 Å². The minimum Gasteiger partial charge on any atom is -0.489 e. The Hall–Kier alpha value is -2.75. The maximum absolute atomic E-state index is 13.2. The van der Waals surface area contributed by atoms with Crippen LogP contribution in [0.3, 0.4) is 0 Å². The molecule has 3 aromatic rings. The number of halogens is 1. The minimum absolute atomic E-state index is 0.238. The molecule has 1 heterocycles. The Balaban J connectivity index is 0.000000575. The van der Waals surface area contributed by atoms with Gasteiger partial charge in [0.1, 0.15) is 23.8 Å². The summed E-state index contributed by atoms with van der Waals surface area (Å²) in [4.78, 5) is 11.8. The van der Waals surface area contributed by atoms with E-state index in [9.17, 15) is 17.6 Å². The molecule has 0 bridgehead atoms. The number of rotatable bonds is 6. The summed E-state index contributed by atoms with van der Waals surface area (Å²) in [5.41, 5.74) is 1.70. The first-order valence-corrected chi connectivity index (χ1v) is 11.0. The van der Waals surface area contributed by atoms with Gasteiger partial charge in [0.05, 0.1) is 6.26 Å². The van der Waals surface area contributed by atoms with E-state index in [1.54, 1.807) is 18.2 Å². The summed E-state index contributed by atoms with van der Waals surface area (Å²) >= 11 is 0. The maximum Gasteiger partial charge on any atom is 0.336 e. The third-order valence-electron chi connectivity index (χ3n) is 3.80. The van der Waals surface area contributed by atoms with Crippen molar-refractivity contribution in [1.82, 2.24) is 5.32 Å². The molecule has 0 atom stereocenters. The lowest BCUT2D eigenvalue weighted by Crippen LogP contribution is -2.22. The first kappa shape index (κ1) is 23.5. The molecular formula is C21H24FNO6S. The Morgan fingerprint density at radius 1 is 1.17 bits per heavy atom. The van der Waals surface area contributed by atoms with Gasteiger partial charge < -0.3 is 14.5 Å². The zero-order chi connectivity index (χ0) is 22.3. The van der Waals surface area contributed by atoms with Crippen LogP contribution >= 0.6 is 0 Å². The van der Waals surface area contributed by atoms with E-state index in [1.165, 1.54) is 18.2 Å². The fourth-order valence-corrected chi connectivity index (χ4v) is 2.55. The Labute approximate surface area is 174 Å². The molecule has 30 heavy (non-hydrogen) atoms. The maximum atomic E-state index is 13.2. The molecule has 1 aromatic heterocycles. The van der Waals surface area contributed by atoms with Gasteiger partial charge in [-0.15, -0.1) is 0 Å². The van der Waals surface area contributed by atoms with Crippen LogP contribution in [0, 0.1) is 5.82 Å². The average molecular weight is 437 g/mol. The van der Waals surface area contributed by atoms with Crippen LogP contribution in [0.2, 0.25) is 0 Å². The van der Waals surface area contributed by atoms with Crippen LogP contribution in [0.25, 0.3) is 11.0 Å². The highest BCUT2D eigenvalue weighted by Gasteiger charge is 2.08. The summed E-state index contributed by atoms with van der Waals surface area (Å²) in [7, 11) is -3.67. The molecule has 0 saturated carbocycles. The van der Waals surface area contributed by atoms with Gasteiger partial charge in [0.15, 0.2) is 0 Å². The summed E-state index contributed by atoms with van der Waals surface area (Å²) in [6.07, 6.45) is 0.715. The normalized spacial score (nSPS) is 11.3. The lowest BCUT2D eigenvalue weighted by molar-refractivity contribution is 0.305. The van der Waals surface area contributed by atoms with Crippen molar-refractivity contribution in [2.45, 2.75) is 33.0 Å². The minimum atomic E-state index is -3.67. The number of hydrogen-bond donors (Lipinski definition) is 2. The van der Waals surface area contributed by atoms with Crippen molar-refractivity contribution in [3.05, 3.63) is 75.9 Å². The van der Waals surface area contributed by atoms with Crippen LogP contribution in [-0.2, 0) is 23.3 Å². The first-order chi connectivity index (χ1) is 14.0. The van der Waals surface area contributed by atoms with E-state index in [4.69, 9.17) is 13.7 Å². The van der Waals surface area contributed by atoms with Crippen molar-refractivity contribution in [2.24, 2.45) is 0 Å². The van der Waals surface area contributed by atoms with Crippen molar-refractivity contribution in [2.75, 3.05) is 6.26 Å². The number of nitrogens with one attached hydrogen (secondary N) is 1. The monoisotopic (exact) mass is 437 g/mol. The molecule has 3 rings (SSSR count). The van der Waals surface area contributed by atoms with Crippen molar-refractivity contribution in [3.8, 4) is 5.75 Å². The summed E-state index contributed by atoms with van der Waals surface area (Å²) in [5, 5.41) is 4.17. The molecule has 0 aliphatic carbocycles. The van der Waals surface area contributed by atoms with Gasteiger partial charge in [-0.2, -0.15) is 8.42 Å². The molecule has 0 unspecified atom stereocenters. The van der Waals surface area contributed by atoms with E-state index in [2.05, 4.69) is 5.32 Å². The summed E-state index contributed by atoms with van der Waals surface area (Å²) in [5.74, 6) is 0.266. The summed E-state index contributed by atoms with van der Waals surface area (Å²) < 4.78 is 50.1. The first-order valence-electron chi connectivity index (χ1n) is 9.11. The fourth-order valence-electron chi connectivity index (χ4n) is 2.55. The van der Waals surface area contributed by atoms with E-state index in [-0.39, 0.29) is 12.4 Å². The molecule has 2 N–H and O–H groups in total. The topological polar surface area (TPSA) is 106 Å². The van der Waals surface area contributed by atoms with E-state index in [0.717, 1.165) is 16.5 Å². The van der Waals surface area contributed by atoms with Crippen molar-refractivity contribution in [3.63, 3.8) is 0 Å². The molecule has 0 saturated heterocycles. The van der Waals surface area contributed by atoms with Crippen LogP contribution < -0.4 is 15.7 Å². The van der Waals surface area contributed by atoms with E-state index < -0.39 is 15.7 Å². The number of benzene rings is 2. The second kappa shape index (κ2) is 10.3. The highest BCUT2D eigenvalue weighted by atomic mass is 32.2. The van der Waals surface area contributed by atoms with Crippen LogP contribution in [0.15, 0.2) is 57.7 Å². The summed E-state index contributed by atoms with van der Waals surface area (Å²) in [6.45, 7) is 4.92. The van der Waals surface area contributed by atoms with E-state index in [1.807, 2.05) is 26.0 Å². The number of fused-ring (bicyclic) bond motifs is 1. The zero-order valence-corrected chi connectivity index (χ0v) is 17.7. The van der Waals surface area contributed by atoms with Crippen LogP contribution in [0.1, 0.15) is 25.0 Å². The van der Waals surface area contributed by atoms with Gasteiger partial charge in [-0.3, -0.25) is 4.55 Å². The lowest BCUT2D eigenvalue weighted by atomic mass is 10.1. The lowest BCUT2D eigenvalue weighted by Gasteiger charge is -2.11. The largest absolute Gasteiger partial charge is 0.489 e. The third-order valence-corrected chi connectivity index (χ3v) is 3.80. The Bertz CT molecular complexity index is 1150. The Morgan fingerprint density at radius 3 is 2.50 bits per heavy atom. The summed E-state index contributed by atoms with van der Waals surface area (Å²) in [6, 6.07) is 13.5. The molecule has 2 aromatic carbocycles. The van der Waals surface area contributed by atoms with E-state index in [0.29, 0.717) is 30.2 Å². The van der Waals surface area contributed by atoms with Gasteiger partial charge in [-0.25, -0.2) is 9.18 Å². The molecule has 0 aliphatic heterocycles. The molecule has 9 heteroatoms. The van der Waals surface area contributed by atoms with Crippen molar-refractivity contribution in [1.29, 1.82) is 0 Å². The second-order valence-electron chi connectivity index (χ2n) is 6.94. The highest BCUT2D eigenvalue weighted by molar-refractivity contribution is 7.85. The number of hydrogen-bond acceptors (Lipinski definition) is 6. The van der Waals surface area contributed by atoms with Crippen molar-refractivity contribution < 1.29 is 26.5 Å². The third kappa shape index (κ3) is 8.32. The fraction of sp³-hybridized carbons (Fsp3) is 0.286. The average Bonchev–Trinajstić information content (AvgIpc) is 2.62. The molecule has 162 valence electrons. The zero-order valence-electron chi connectivity index (χ0n) is 16.9.